The van der Waals surface area contributed by atoms with Crippen molar-refractivity contribution in [1.82, 2.24) is 4.90 Å². The minimum Gasteiger partial charge on any atom is -0.504 e. The van der Waals surface area contributed by atoms with Crippen LogP contribution in [0.1, 0.15) is 31.2 Å². The number of rotatable bonds is 2. The molecule has 1 N–H and O–H groups in total. The number of nitrogens with zero attached hydrogens (tertiary/aromatic N) is 1. The van der Waals surface area contributed by atoms with Gasteiger partial charge in [-0.2, -0.15) is 0 Å². The molecular weight excluding hydrogens is 246 g/mol. The molecule has 102 valence electrons. The number of fused-ring (bicyclic) bond motifs is 1. The molecule has 0 spiro atoms. The minimum atomic E-state index is 0.116. The maximum absolute atomic E-state index is 11.7. The number of amides is 1. The van der Waals surface area contributed by atoms with E-state index in [0.29, 0.717) is 24.5 Å². The number of likely N-dealkylation sites (tertiary alicyclic amines) is 1. The van der Waals surface area contributed by atoms with E-state index in [1.807, 2.05) is 17.9 Å². The summed E-state index contributed by atoms with van der Waals surface area (Å²) in [6, 6.07) is 3.64. The van der Waals surface area contributed by atoms with Crippen molar-refractivity contribution in [3.05, 3.63) is 17.7 Å². The van der Waals surface area contributed by atoms with Gasteiger partial charge < -0.3 is 19.5 Å². The summed E-state index contributed by atoms with van der Waals surface area (Å²) in [6.07, 6.45) is 1.38. The van der Waals surface area contributed by atoms with Gasteiger partial charge in [-0.3, -0.25) is 4.79 Å². The molecule has 1 fully saturated rings. The standard InChI is InChI=1S/C14H17NO4/c1-2-15-7-9(3-4-13(15)17)10-5-11(16)14-12(6-10)18-8-19-14/h5-6,9,16H,2-4,7-8H2,1H3. The summed E-state index contributed by atoms with van der Waals surface area (Å²) in [6.45, 7) is 3.56. The topological polar surface area (TPSA) is 59.0 Å². The van der Waals surface area contributed by atoms with E-state index in [-0.39, 0.29) is 24.4 Å². The van der Waals surface area contributed by atoms with Crippen LogP contribution in [0.15, 0.2) is 12.1 Å². The summed E-state index contributed by atoms with van der Waals surface area (Å²) in [5.74, 6) is 1.59. The van der Waals surface area contributed by atoms with Gasteiger partial charge in [0, 0.05) is 25.4 Å². The highest BCUT2D eigenvalue weighted by atomic mass is 16.7. The third-order valence-electron chi connectivity index (χ3n) is 3.83. The number of phenolic OH excluding ortho intramolecular Hbond substituents is 1. The number of hydrogen-bond donors (Lipinski definition) is 1. The van der Waals surface area contributed by atoms with Crippen LogP contribution in [0, 0.1) is 0 Å². The quantitative estimate of drug-likeness (QED) is 0.884. The molecule has 19 heavy (non-hydrogen) atoms. The first-order chi connectivity index (χ1) is 9.19. The van der Waals surface area contributed by atoms with Gasteiger partial charge in [0.05, 0.1) is 0 Å². The third-order valence-corrected chi connectivity index (χ3v) is 3.83. The summed E-state index contributed by atoms with van der Waals surface area (Å²) in [5.41, 5.74) is 1.01. The largest absolute Gasteiger partial charge is 0.504 e. The van der Waals surface area contributed by atoms with Gasteiger partial charge in [0.2, 0.25) is 18.4 Å². The molecule has 0 aromatic heterocycles. The van der Waals surface area contributed by atoms with Crippen molar-refractivity contribution in [3.8, 4) is 17.2 Å². The van der Waals surface area contributed by atoms with Gasteiger partial charge in [0.1, 0.15) is 0 Å². The van der Waals surface area contributed by atoms with E-state index in [1.54, 1.807) is 6.07 Å². The first-order valence-electron chi connectivity index (χ1n) is 6.59. The smallest absolute Gasteiger partial charge is 0.231 e. The van der Waals surface area contributed by atoms with Crippen LogP contribution in [-0.2, 0) is 4.79 Å². The SMILES string of the molecule is CCN1CC(c2cc(O)c3c(c2)OCO3)CCC1=O. The Morgan fingerprint density at radius 1 is 1.42 bits per heavy atom. The second-order valence-corrected chi connectivity index (χ2v) is 4.94. The average molecular weight is 263 g/mol. The monoisotopic (exact) mass is 263 g/mol. The first kappa shape index (κ1) is 12.1. The number of ether oxygens (including phenoxy) is 2. The Bertz CT molecular complexity index is 514. The number of carbonyl (C=O) groups excluding carboxylic acids is 1. The zero-order valence-corrected chi connectivity index (χ0v) is 10.9. The fraction of sp³-hybridized carbons (Fsp3) is 0.500. The molecule has 0 radical (unpaired) electrons. The van der Waals surface area contributed by atoms with Crippen LogP contribution >= 0.6 is 0 Å². The zero-order valence-electron chi connectivity index (χ0n) is 10.9. The number of phenols is 1. The molecule has 5 nitrogen and oxygen atoms in total. The summed E-state index contributed by atoms with van der Waals surface area (Å²) in [4.78, 5) is 13.5. The molecule has 5 heteroatoms. The summed E-state index contributed by atoms with van der Waals surface area (Å²) < 4.78 is 10.5. The number of benzene rings is 1. The predicted octanol–water partition coefficient (Wildman–Crippen LogP) is 1.85. The van der Waals surface area contributed by atoms with Gasteiger partial charge in [-0.15, -0.1) is 0 Å². The van der Waals surface area contributed by atoms with E-state index in [2.05, 4.69) is 0 Å². The highest BCUT2D eigenvalue weighted by Crippen LogP contribution is 2.43. The van der Waals surface area contributed by atoms with Crippen molar-refractivity contribution in [2.45, 2.75) is 25.7 Å². The fourth-order valence-corrected chi connectivity index (χ4v) is 2.74. The van der Waals surface area contributed by atoms with E-state index in [9.17, 15) is 9.90 Å². The lowest BCUT2D eigenvalue weighted by Crippen LogP contribution is -2.38. The summed E-state index contributed by atoms with van der Waals surface area (Å²) in [7, 11) is 0. The van der Waals surface area contributed by atoms with Crippen molar-refractivity contribution >= 4 is 5.91 Å². The highest BCUT2D eigenvalue weighted by Gasteiger charge is 2.28. The van der Waals surface area contributed by atoms with Gasteiger partial charge in [-0.1, -0.05) is 0 Å². The normalized spacial score (nSPS) is 21.8. The summed E-state index contributed by atoms with van der Waals surface area (Å²) in [5, 5.41) is 9.93. The van der Waals surface area contributed by atoms with Crippen molar-refractivity contribution in [2.24, 2.45) is 0 Å². The molecule has 3 rings (SSSR count). The van der Waals surface area contributed by atoms with Crippen LogP contribution in [-0.4, -0.2) is 35.8 Å². The van der Waals surface area contributed by atoms with Crippen LogP contribution in [0.2, 0.25) is 0 Å². The number of piperidine rings is 1. The Morgan fingerprint density at radius 3 is 3.05 bits per heavy atom. The minimum absolute atomic E-state index is 0.116. The Hall–Kier alpha value is -1.91. The molecule has 2 aliphatic heterocycles. The van der Waals surface area contributed by atoms with Crippen molar-refractivity contribution in [2.75, 3.05) is 19.9 Å². The molecule has 1 amide bonds. The lowest BCUT2D eigenvalue weighted by molar-refractivity contribution is -0.133. The van der Waals surface area contributed by atoms with Crippen LogP contribution in [0.4, 0.5) is 0 Å². The molecule has 0 aliphatic carbocycles. The average Bonchev–Trinajstić information content (AvgIpc) is 2.88. The van der Waals surface area contributed by atoms with E-state index < -0.39 is 0 Å². The maximum atomic E-state index is 11.7. The number of carbonyl (C=O) groups is 1. The van der Waals surface area contributed by atoms with Crippen molar-refractivity contribution in [1.29, 1.82) is 0 Å². The lowest BCUT2D eigenvalue weighted by Gasteiger charge is -2.32. The maximum Gasteiger partial charge on any atom is 0.231 e. The van der Waals surface area contributed by atoms with Crippen LogP contribution < -0.4 is 9.47 Å². The number of hydrogen-bond acceptors (Lipinski definition) is 4. The molecular formula is C14H17NO4. The summed E-state index contributed by atoms with van der Waals surface area (Å²) >= 11 is 0. The molecule has 1 atom stereocenters. The van der Waals surface area contributed by atoms with Gasteiger partial charge >= 0.3 is 0 Å². The Labute approximate surface area is 111 Å². The van der Waals surface area contributed by atoms with Gasteiger partial charge in [0.15, 0.2) is 11.5 Å². The number of aromatic hydroxyl groups is 1. The van der Waals surface area contributed by atoms with Gasteiger partial charge in [0.25, 0.3) is 0 Å². The van der Waals surface area contributed by atoms with Crippen LogP contribution in [0.25, 0.3) is 0 Å². The van der Waals surface area contributed by atoms with E-state index in [0.717, 1.165) is 18.5 Å². The van der Waals surface area contributed by atoms with E-state index >= 15 is 0 Å². The van der Waals surface area contributed by atoms with E-state index in [4.69, 9.17) is 9.47 Å². The molecule has 2 heterocycles. The molecule has 1 saturated heterocycles. The Balaban J connectivity index is 1.86. The molecule has 0 saturated carbocycles. The second-order valence-electron chi connectivity index (χ2n) is 4.94. The van der Waals surface area contributed by atoms with Crippen LogP contribution in [0.5, 0.6) is 17.2 Å². The molecule has 1 aromatic carbocycles. The third kappa shape index (κ3) is 2.09. The van der Waals surface area contributed by atoms with Gasteiger partial charge in [-0.25, -0.2) is 0 Å². The van der Waals surface area contributed by atoms with Gasteiger partial charge in [-0.05, 0) is 31.0 Å². The molecule has 1 unspecified atom stereocenters. The zero-order chi connectivity index (χ0) is 13.4. The second kappa shape index (κ2) is 4.64. The molecule has 2 aliphatic rings. The predicted molar refractivity (Wildman–Crippen MR) is 68.5 cm³/mol. The lowest BCUT2D eigenvalue weighted by atomic mass is 9.90. The van der Waals surface area contributed by atoms with E-state index in [1.165, 1.54) is 0 Å². The highest BCUT2D eigenvalue weighted by molar-refractivity contribution is 5.77. The number of likely N-dealkylation sites (N-methyl/N-ethyl adjacent to an activating group) is 1. The van der Waals surface area contributed by atoms with Crippen molar-refractivity contribution < 1.29 is 19.4 Å². The van der Waals surface area contributed by atoms with Crippen molar-refractivity contribution in [3.63, 3.8) is 0 Å². The molecule has 1 aromatic rings. The van der Waals surface area contributed by atoms with Crippen LogP contribution in [0.3, 0.4) is 0 Å². The Kier molecular flexibility index (Phi) is 2.97. The molecule has 0 bridgehead atoms. The Morgan fingerprint density at radius 2 is 2.26 bits per heavy atom. The first-order valence-corrected chi connectivity index (χ1v) is 6.59. The fourth-order valence-electron chi connectivity index (χ4n) is 2.74.